The molecule has 3 aliphatic rings. The molecule has 18 heavy (non-hydrogen) atoms. The van der Waals surface area contributed by atoms with Crippen LogP contribution in [0.2, 0.25) is 0 Å². The highest BCUT2D eigenvalue weighted by Gasteiger charge is 2.53. The van der Waals surface area contributed by atoms with E-state index in [-0.39, 0.29) is 18.2 Å². The van der Waals surface area contributed by atoms with E-state index in [2.05, 4.69) is 4.72 Å². The van der Waals surface area contributed by atoms with Gasteiger partial charge in [-0.1, -0.05) is 0 Å². The highest BCUT2D eigenvalue weighted by atomic mass is 32.2. The summed E-state index contributed by atoms with van der Waals surface area (Å²) in [6, 6.07) is -0.418. The minimum absolute atomic E-state index is 0.0455. The molecule has 0 aromatic carbocycles. The summed E-state index contributed by atoms with van der Waals surface area (Å²) in [6.07, 6.45) is 0.887. The molecule has 1 aliphatic carbocycles. The van der Waals surface area contributed by atoms with E-state index in [4.69, 9.17) is 15.2 Å². The lowest BCUT2D eigenvalue weighted by Crippen LogP contribution is -2.70. The lowest BCUT2D eigenvalue weighted by atomic mass is 9.73. The maximum Gasteiger partial charge on any atom is 0.280 e. The van der Waals surface area contributed by atoms with Crippen molar-refractivity contribution >= 4 is 10.2 Å². The number of fused-ring (bicyclic) bond motifs is 1. The first-order chi connectivity index (χ1) is 8.59. The third-order valence-electron chi connectivity index (χ3n) is 4.04. The zero-order valence-electron chi connectivity index (χ0n) is 10.1. The zero-order chi connectivity index (χ0) is 12.8. The second kappa shape index (κ2) is 4.69. The molecule has 0 radical (unpaired) electrons. The third kappa shape index (κ3) is 2.06. The van der Waals surface area contributed by atoms with Gasteiger partial charge in [0, 0.05) is 31.7 Å². The first-order valence-electron chi connectivity index (χ1n) is 6.32. The van der Waals surface area contributed by atoms with Crippen molar-refractivity contribution in [2.75, 3.05) is 32.9 Å². The van der Waals surface area contributed by atoms with Crippen LogP contribution in [0.25, 0.3) is 0 Å². The Labute approximate surface area is 107 Å². The minimum Gasteiger partial charge on any atom is -0.379 e. The molecule has 0 amide bonds. The van der Waals surface area contributed by atoms with E-state index in [1.165, 1.54) is 4.31 Å². The Hall–Kier alpha value is -0.250. The van der Waals surface area contributed by atoms with Crippen LogP contribution in [0.15, 0.2) is 0 Å². The SMILES string of the molecule is NC1C2CCOC2C1NS(=O)(=O)N1CCOCC1. The first kappa shape index (κ1) is 12.8. The zero-order valence-corrected chi connectivity index (χ0v) is 10.9. The Morgan fingerprint density at radius 1 is 1.22 bits per heavy atom. The topological polar surface area (TPSA) is 93.9 Å². The summed E-state index contributed by atoms with van der Waals surface area (Å²) in [4.78, 5) is 0. The number of nitrogens with zero attached hydrogens (tertiary/aromatic N) is 1. The quantitative estimate of drug-likeness (QED) is 0.639. The van der Waals surface area contributed by atoms with Crippen molar-refractivity contribution in [3.05, 3.63) is 0 Å². The van der Waals surface area contributed by atoms with Crippen LogP contribution in [0, 0.1) is 5.92 Å². The smallest absolute Gasteiger partial charge is 0.280 e. The molecular formula is C10H19N3O4S. The number of hydrogen-bond acceptors (Lipinski definition) is 5. The Balaban J connectivity index is 1.64. The standard InChI is InChI=1S/C10H19N3O4S/c11-8-7-1-4-17-10(7)9(8)12-18(14,15)13-2-5-16-6-3-13/h7-10,12H,1-6,11H2. The number of nitrogens with one attached hydrogen (secondary N) is 1. The molecule has 1 saturated carbocycles. The summed E-state index contributed by atoms with van der Waals surface area (Å²) in [5, 5.41) is 0. The van der Waals surface area contributed by atoms with E-state index in [9.17, 15) is 8.42 Å². The average molecular weight is 277 g/mol. The molecule has 4 atom stereocenters. The molecule has 104 valence electrons. The summed E-state index contributed by atoms with van der Waals surface area (Å²) in [5.74, 6) is 0.308. The monoisotopic (exact) mass is 277 g/mol. The lowest BCUT2D eigenvalue weighted by Gasteiger charge is -2.46. The van der Waals surface area contributed by atoms with Crippen LogP contribution in [-0.4, -0.2) is 63.8 Å². The predicted molar refractivity (Wildman–Crippen MR) is 64.1 cm³/mol. The van der Waals surface area contributed by atoms with Gasteiger partial charge in [0.05, 0.1) is 25.4 Å². The second-order valence-electron chi connectivity index (χ2n) is 5.03. The number of hydrogen-bond donors (Lipinski definition) is 2. The fraction of sp³-hybridized carbons (Fsp3) is 1.00. The van der Waals surface area contributed by atoms with Crippen LogP contribution in [-0.2, 0) is 19.7 Å². The van der Waals surface area contributed by atoms with Crippen molar-refractivity contribution in [2.45, 2.75) is 24.6 Å². The van der Waals surface area contributed by atoms with Crippen molar-refractivity contribution in [1.82, 2.24) is 9.03 Å². The summed E-state index contributed by atoms with van der Waals surface area (Å²) >= 11 is 0. The summed E-state index contributed by atoms with van der Waals surface area (Å²) in [6.45, 7) is 2.36. The molecule has 2 heterocycles. The van der Waals surface area contributed by atoms with Crippen LogP contribution in [0.5, 0.6) is 0 Å². The van der Waals surface area contributed by atoms with Gasteiger partial charge in [0.25, 0.3) is 10.2 Å². The highest BCUT2D eigenvalue weighted by Crippen LogP contribution is 2.38. The van der Waals surface area contributed by atoms with E-state index in [0.29, 0.717) is 38.8 Å². The minimum atomic E-state index is -3.47. The molecule has 3 fully saturated rings. The van der Waals surface area contributed by atoms with Crippen LogP contribution >= 0.6 is 0 Å². The molecule has 7 nitrogen and oxygen atoms in total. The maximum absolute atomic E-state index is 12.2. The molecule has 0 aromatic rings. The molecule has 0 bridgehead atoms. The second-order valence-corrected chi connectivity index (χ2v) is 6.73. The fourth-order valence-corrected chi connectivity index (χ4v) is 4.34. The average Bonchev–Trinajstić information content (AvgIpc) is 2.82. The maximum atomic E-state index is 12.2. The molecule has 3 N–H and O–H groups in total. The Morgan fingerprint density at radius 2 is 1.94 bits per heavy atom. The van der Waals surface area contributed by atoms with Crippen molar-refractivity contribution in [3.8, 4) is 0 Å². The molecule has 2 saturated heterocycles. The molecular weight excluding hydrogens is 258 g/mol. The number of nitrogens with two attached hydrogens (primary N) is 1. The summed E-state index contributed by atoms with van der Waals surface area (Å²) < 4.78 is 39.1. The molecule has 2 aliphatic heterocycles. The molecule has 0 aromatic heterocycles. The van der Waals surface area contributed by atoms with Crippen molar-refractivity contribution in [1.29, 1.82) is 0 Å². The van der Waals surface area contributed by atoms with Crippen LogP contribution < -0.4 is 10.5 Å². The number of ether oxygens (including phenoxy) is 2. The Morgan fingerprint density at radius 3 is 2.67 bits per heavy atom. The van der Waals surface area contributed by atoms with E-state index < -0.39 is 10.2 Å². The fourth-order valence-electron chi connectivity index (χ4n) is 2.93. The summed E-state index contributed by atoms with van der Waals surface area (Å²) in [7, 11) is -3.47. The van der Waals surface area contributed by atoms with Gasteiger partial charge < -0.3 is 15.2 Å². The van der Waals surface area contributed by atoms with Gasteiger partial charge in [0.15, 0.2) is 0 Å². The predicted octanol–water partition coefficient (Wildman–Crippen LogP) is -1.73. The van der Waals surface area contributed by atoms with Gasteiger partial charge in [0.1, 0.15) is 0 Å². The van der Waals surface area contributed by atoms with Gasteiger partial charge in [0.2, 0.25) is 0 Å². The lowest BCUT2D eigenvalue weighted by molar-refractivity contribution is -0.0104. The van der Waals surface area contributed by atoms with Crippen molar-refractivity contribution < 1.29 is 17.9 Å². The van der Waals surface area contributed by atoms with Gasteiger partial charge in [-0.25, -0.2) is 0 Å². The number of rotatable bonds is 3. The molecule has 0 spiro atoms. The highest BCUT2D eigenvalue weighted by molar-refractivity contribution is 7.87. The van der Waals surface area contributed by atoms with E-state index in [1.807, 2.05) is 0 Å². The molecule has 8 heteroatoms. The van der Waals surface area contributed by atoms with E-state index in [0.717, 1.165) is 6.42 Å². The van der Waals surface area contributed by atoms with Gasteiger partial charge in [-0.3, -0.25) is 0 Å². The number of morpholine rings is 1. The van der Waals surface area contributed by atoms with Crippen LogP contribution in [0.4, 0.5) is 0 Å². The summed E-state index contributed by atoms with van der Waals surface area (Å²) in [5.41, 5.74) is 5.99. The van der Waals surface area contributed by atoms with Gasteiger partial charge in [-0.2, -0.15) is 17.4 Å². The van der Waals surface area contributed by atoms with Crippen molar-refractivity contribution in [2.24, 2.45) is 11.7 Å². The van der Waals surface area contributed by atoms with E-state index >= 15 is 0 Å². The van der Waals surface area contributed by atoms with Gasteiger partial charge in [-0.15, -0.1) is 0 Å². The van der Waals surface area contributed by atoms with Gasteiger partial charge in [-0.05, 0) is 6.42 Å². The van der Waals surface area contributed by atoms with Crippen LogP contribution in [0.3, 0.4) is 0 Å². The molecule has 3 rings (SSSR count). The molecule has 4 unspecified atom stereocenters. The third-order valence-corrected chi connectivity index (χ3v) is 5.66. The Kier molecular flexibility index (Phi) is 3.33. The Bertz CT molecular complexity index is 409. The normalized spacial score (nSPS) is 41.4. The van der Waals surface area contributed by atoms with E-state index in [1.54, 1.807) is 0 Å². The van der Waals surface area contributed by atoms with Crippen molar-refractivity contribution in [3.63, 3.8) is 0 Å². The van der Waals surface area contributed by atoms with Crippen LogP contribution in [0.1, 0.15) is 6.42 Å². The largest absolute Gasteiger partial charge is 0.379 e. The first-order valence-corrected chi connectivity index (χ1v) is 7.76. The van der Waals surface area contributed by atoms with Gasteiger partial charge >= 0.3 is 0 Å².